The number of hydrogen-bond acceptors (Lipinski definition) is 9. The van der Waals surface area contributed by atoms with E-state index in [-0.39, 0.29) is 25.5 Å². The molecule has 11 nitrogen and oxygen atoms in total. The maximum Gasteiger partial charge on any atom is 0.407 e. The predicted molar refractivity (Wildman–Crippen MR) is 175 cm³/mol. The Kier molecular flexibility index (Phi) is 7.80. The summed E-state index contributed by atoms with van der Waals surface area (Å²) in [6.07, 6.45) is 1.01. The van der Waals surface area contributed by atoms with Crippen LogP contribution in [-0.4, -0.2) is 76.5 Å². The molecule has 240 valence electrons. The van der Waals surface area contributed by atoms with Gasteiger partial charge in [-0.05, 0) is 29.9 Å². The lowest BCUT2D eigenvalue weighted by Gasteiger charge is -2.49. The van der Waals surface area contributed by atoms with Gasteiger partial charge in [-0.2, -0.15) is 15.2 Å². The summed E-state index contributed by atoms with van der Waals surface area (Å²) in [5, 5.41) is 22.6. The topological polar surface area (TPSA) is 132 Å². The van der Waals surface area contributed by atoms with E-state index in [1.54, 1.807) is 0 Å². The number of benzene rings is 3. The zero-order valence-corrected chi connectivity index (χ0v) is 26.3. The van der Waals surface area contributed by atoms with Gasteiger partial charge in [-0.15, -0.1) is 0 Å². The van der Waals surface area contributed by atoms with Crippen LogP contribution in [0.1, 0.15) is 36.1 Å². The summed E-state index contributed by atoms with van der Waals surface area (Å²) in [4.78, 5) is 40.8. The third kappa shape index (κ3) is 5.65. The van der Waals surface area contributed by atoms with Crippen molar-refractivity contribution in [1.82, 2.24) is 14.9 Å². The second kappa shape index (κ2) is 12.1. The molecule has 1 aliphatic carbocycles. The first kappa shape index (κ1) is 30.3. The molecule has 3 aromatic carbocycles. The van der Waals surface area contributed by atoms with Crippen LogP contribution < -0.4 is 14.5 Å². The van der Waals surface area contributed by atoms with Crippen LogP contribution in [0, 0.1) is 11.3 Å². The van der Waals surface area contributed by atoms with E-state index < -0.39 is 23.2 Å². The van der Waals surface area contributed by atoms with Gasteiger partial charge in [-0.3, -0.25) is 4.90 Å². The van der Waals surface area contributed by atoms with Gasteiger partial charge in [-0.1, -0.05) is 66.7 Å². The zero-order valence-electron chi connectivity index (χ0n) is 26.3. The van der Waals surface area contributed by atoms with Crippen molar-refractivity contribution in [2.45, 2.75) is 49.8 Å². The highest BCUT2D eigenvalue weighted by Gasteiger charge is 2.55. The predicted octanol–water partition coefficient (Wildman–Crippen LogP) is 4.97. The van der Waals surface area contributed by atoms with Crippen molar-refractivity contribution >= 4 is 34.3 Å². The van der Waals surface area contributed by atoms with Crippen LogP contribution in [0.5, 0.6) is 6.01 Å². The van der Waals surface area contributed by atoms with E-state index >= 15 is 0 Å². The van der Waals surface area contributed by atoms with Crippen molar-refractivity contribution in [3.8, 4) is 12.1 Å². The minimum Gasteiger partial charge on any atom is -0.466 e. The van der Waals surface area contributed by atoms with E-state index in [1.165, 1.54) is 12.0 Å². The number of carbonyl (C=O) groups excluding carboxylic acids is 1. The molecule has 1 aromatic heterocycles. The third-order valence-electron chi connectivity index (χ3n) is 9.64. The molecule has 0 unspecified atom stereocenters. The quantitative estimate of drug-likeness (QED) is 0.266. The molecule has 1 amide bonds. The number of amides is 1. The minimum absolute atomic E-state index is 0.0155. The summed E-state index contributed by atoms with van der Waals surface area (Å²) >= 11 is 0. The molecule has 1 N–H and O–H groups in total. The summed E-state index contributed by atoms with van der Waals surface area (Å²) in [5.41, 5.74) is 1.70. The van der Waals surface area contributed by atoms with E-state index in [0.29, 0.717) is 44.6 Å². The molecule has 47 heavy (non-hydrogen) atoms. The van der Waals surface area contributed by atoms with Gasteiger partial charge >= 0.3 is 18.1 Å². The van der Waals surface area contributed by atoms with Crippen molar-refractivity contribution in [2.24, 2.45) is 0 Å². The number of ether oxygens (including phenoxy) is 2. The first-order valence-electron chi connectivity index (χ1n) is 15.9. The fourth-order valence-electron chi connectivity index (χ4n) is 7.15. The lowest BCUT2D eigenvalue weighted by molar-refractivity contribution is -0.151. The van der Waals surface area contributed by atoms with Crippen molar-refractivity contribution < 1.29 is 24.2 Å². The smallest absolute Gasteiger partial charge is 0.407 e. The second-order valence-electron chi connectivity index (χ2n) is 12.6. The Morgan fingerprint density at radius 1 is 0.957 bits per heavy atom. The van der Waals surface area contributed by atoms with Crippen LogP contribution in [0.3, 0.4) is 0 Å². The molecular formula is C36H36N6O5. The first-order valence-corrected chi connectivity index (χ1v) is 15.9. The highest BCUT2D eigenvalue weighted by atomic mass is 16.6. The number of esters is 1. The van der Waals surface area contributed by atoms with E-state index in [1.807, 2.05) is 42.5 Å². The molecule has 3 aliphatic rings. The van der Waals surface area contributed by atoms with Gasteiger partial charge in [0.25, 0.3) is 0 Å². The number of fused-ring (bicyclic) bond motifs is 2. The Balaban J connectivity index is 1.29. The molecule has 7 rings (SSSR count). The van der Waals surface area contributed by atoms with Crippen LogP contribution >= 0.6 is 0 Å². The lowest BCUT2D eigenvalue weighted by Crippen LogP contribution is -2.65. The van der Waals surface area contributed by atoms with E-state index in [9.17, 15) is 20.0 Å². The molecule has 0 radical (unpaired) electrons. The fraction of sp³-hybridized carbons (Fsp3) is 0.361. The third-order valence-corrected chi connectivity index (χ3v) is 9.64. The number of nitrogens with zero attached hydrogens (tertiary/aromatic N) is 6. The summed E-state index contributed by atoms with van der Waals surface area (Å²) in [5.74, 6) is 0.201. The van der Waals surface area contributed by atoms with Crippen molar-refractivity contribution in [1.29, 1.82) is 5.26 Å². The maximum absolute atomic E-state index is 12.7. The number of nitriles is 1. The van der Waals surface area contributed by atoms with Crippen LogP contribution in [0.2, 0.25) is 0 Å². The average Bonchev–Trinajstić information content (AvgIpc) is 3.87. The molecule has 0 spiro atoms. The summed E-state index contributed by atoms with van der Waals surface area (Å²) < 4.78 is 11.3. The largest absolute Gasteiger partial charge is 0.466 e. The van der Waals surface area contributed by atoms with Gasteiger partial charge in [0, 0.05) is 55.7 Å². The number of anilines is 2. The standard InChI is InChI=1S/C36H36N6O5/c1-46-32(43)36(15-16-36)47-33-38-29-23-40(30-13-7-11-26-10-5-6-12-27(26)30)19-14-28(29)31(39-33)41-20-21-42(34(44)45)35(24-41,17-18-37)22-25-8-3-2-4-9-25/h2-13H,14-17,19-24H2,1H3,(H,44,45)/t35-/m1/s1. The molecule has 1 saturated heterocycles. The highest BCUT2D eigenvalue weighted by molar-refractivity contribution is 5.94. The number of rotatable bonds is 8. The molecule has 1 atom stereocenters. The number of piperazine rings is 1. The minimum atomic E-state index is -1.11. The van der Waals surface area contributed by atoms with Gasteiger partial charge in [0.05, 0.1) is 37.4 Å². The summed E-state index contributed by atoms with van der Waals surface area (Å²) in [7, 11) is 1.34. The van der Waals surface area contributed by atoms with Crippen molar-refractivity contribution in [2.75, 3.05) is 43.1 Å². The Hall–Kier alpha value is -5.37. The Morgan fingerprint density at radius 2 is 1.72 bits per heavy atom. The van der Waals surface area contributed by atoms with Crippen LogP contribution in [-0.2, 0) is 28.9 Å². The van der Waals surface area contributed by atoms with Crippen molar-refractivity contribution in [3.05, 3.63) is 89.6 Å². The van der Waals surface area contributed by atoms with Crippen LogP contribution in [0.4, 0.5) is 16.3 Å². The lowest BCUT2D eigenvalue weighted by atomic mass is 9.83. The Bertz CT molecular complexity index is 1870. The van der Waals surface area contributed by atoms with Gasteiger partial charge < -0.3 is 24.4 Å². The van der Waals surface area contributed by atoms with Gasteiger partial charge in [0.2, 0.25) is 5.60 Å². The van der Waals surface area contributed by atoms with E-state index in [0.717, 1.165) is 39.8 Å². The molecule has 4 aromatic rings. The SMILES string of the molecule is COC(=O)C1(Oc2nc3c(c(N4CCN(C(=O)O)[C@](CC#N)(Cc5ccccc5)C4)n2)CCN(c2cccc4ccccc24)C3)CC1. The summed E-state index contributed by atoms with van der Waals surface area (Å²) in [6.45, 7) is 2.08. The molecule has 2 aliphatic heterocycles. The fourth-order valence-corrected chi connectivity index (χ4v) is 7.15. The molecular weight excluding hydrogens is 596 g/mol. The van der Waals surface area contributed by atoms with E-state index in [4.69, 9.17) is 19.4 Å². The Labute approximate surface area is 273 Å². The molecule has 1 saturated carbocycles. The summed E-state index contributed by atoms with van der Waals surface area (Å²) in [6, 6.07) is 26.6. The normalized spacial score (nSPS) is 19.9. The van der Waals surface area contributed by atoms with Gasteiger partial charge in [-0.25, -0.2) is 9.59 Å². The van der Waals surface area contributed by atoms with Crippen molar-refractivity contribution in [3.63, 3.8) is 0 Å². The number of carbonyl (C=O) groups is 2. The first-order chi connectivity index (χ1) is 22.8. The van der Waals surface area contributed by atoms with Crippen LogP contribution in [0.25, 0.3) is 10.8 Å². The Morgan fingerprint density at radius 3 is 2.47 bits per heavy atom. The number of hydrogen-bond donors (Lipinski definition) is 1. The van der Waals surface area contributed by atoms with E-state index in [2.05, 4.69) is 46.2 Å². The second-order valence-corrected chi connectivity index (χ2v) is 12.6. The molecule has 2 fully saturated rings. The zero-order chi connectivity index (χ0) is 32.6. The van der Waals surface area contributed by atoms with Gasteiger partial charge in [0.15, 0.2) is 0 Å². The average molecular weight is 633 g/mol. The van der Waals surface area contributed by atoms with Gasteiger partial charge in [0.1, 0.15) is 5.82 Å². The number of aromatic nitrogens is 2. The number of methoxy groups -OCH3 is 1. The molecule has 0 bridgehead atoms. The maximum atomic E-state index is 12.7. The molecule has 3 heterocycles. The number of carboxylic acid groups (broad SMARTS) is 1. The van der Waals surface area contributed by atoms with Crippen LogP contribution in [0.15, 0.2) is 72.8 Å². The molecule has 11 heteroatoms. The monoisotopic (exact) mass is 632 g/mol. The highest BCUT2D eigenvalue weighted by Crippen LogP contribution is 2.42.